The lowest BCUT2D eigenvalue weighted by molar-refractivity contribution is 0.672. The van der Waals surface area contributed by atoms with E-state index in [1.807, 2.05) is 0 Å². The molecule has 0 saturated heterocycles. The second-order valence-corrected chi connectivity index (χ2v) is 36.4. The Hall–Kier alpha value is -18.4. The zero-order valence-electron chi connectivity index (χ0n) is 74.8. The van der Waals surface area contributed by atoms with E-state index in [1.54, 1.807) is 0 Å². The van der Waals surface area contributed by atoms with Crippen LogP contribution in [-0.4, -0.2) is 0 Å². The van der Waals surface area contributed by atoms with Crippen molar-refractivity contribution in [3.8, 4) is 0 Å². The van der Waals surface area contributed by atoms with Gasteiger partial charge in [0.2, 0.25) is 0 Å². The Balaban J connectivity index is 0.000000102. The Morgan fingerprint density at radius 3 is 0.638 bits per heavy atom. The summed E-state index contributed by atoms with van der Waals surface area (Å²) in [5.41, 5.74) is 15.5. The third-order valence-electron chi connectivity index (χ3n) is 28.7. The summed E-state index contributed by atoms with van der Waals surface area (Å²) in [6.07, 6.45) is 0. The Kier molecular flexibility index (Phi) is 18.0. The number of rotatable bonds is 9. The van der Waals surface area contributed by atoms with E-state index < -0.39 is 0 Å². The first kappa shape index (κ1) is 78.3. The number of fused-ring (bicyclic) bond motifs is 33. The Bertz CT molecular complexity index is 10200. The third kappa shape index (κ3) is 12.7. The summed E-state index contributed by atoms with van der Waals surface area (Å²) < 4.78 is 19.6. The first-order valence-electron chi connectivity index (χ1n) is 47.3. The van der Waals surface area contributed by atoms with Crippen molar-refractivity contribution in [1.29, 1.82) is 0 Å². The van der Waals surface area contributed by atoms with Crippen LogP contribution in [0.25, 0.3) is 227 Å². The monoisotopic (exact) mass is 1760 g/mol. The molecule has 0 N–H and O–H groups in total. The number of anilines is 9. The highest BCUT2D eigenvalue weighted by Gasteiger charge is 2.27. The van der Waals surface area contributed by atoms with E-state index in [-0.39, 0.29) is 0 Å². The minimum Gasteiger partial charge on any atom is -0.455 e. The molecule has 0 fully saturated rings. The molecule has 0 aliphatic heterocycles. The lowest BCUT2D eigenvalue weighted by Gasteiger charge is -2.29. The van der Waals surface area contributed by atoms with Gasteiger partial charge >= 0.3 is 0 Å². The van der Waals surface area contributed by atoms with Crippen LogP contribution < -0.4 is 14.7 Å². The molecule has 30 aromatic rings. The van der Waals surface area contributed by atoms with Gasteiger partial charge in [-0.3, -0.25) is 0 Å². The molecule has 27 aromatic carbocycles. The van der Waals surface area contributed by atoms with Crippen LogP contribution in [0.4, 0.5) is 51.2 Å². The molecule has 6 nitrogen and oxygen atoms in total. The second kappa shape index (κ2) is 31.7. The maximum Gasteiger partial charge on any atom is 0.143 e. The minimum atomic E-state index is 0.891. The molecule has 0 amide bonds. The molecule has 3 heterocycles. The molecular formula is C132H81N3O3. The number of benzene rings is 27. The first-order chi connectivity index (χ1) is 68.4. The summed E-state index contributed by atoms with van der Waals surface area (Å²) in [4.78, 5) is 7.31. The van der Waals surface area contributed by atoms with E-state index in [9.17, 15) is 0 Å². The van der Waals surface area contributed by atoms with E-state index in [0.717, 1.165) is 133 Å². The van der Waals surface area contributed by atoms with Gasteiger partial charge in [0.05, 0.1) is 22.7 Å². The van der Waals surface area contributed by atoms with Crippen LogP contribution in [0.15, 0.2) is 505 Å². The van der Waals surface area contributed by atoms with E-state index in [4.69, 9.17) is 13.3 Å². The topological polar surface area (TPSA) is 49.1 Å². The van der Waals surface area contributed by atoms with Gasteiger partial charge in [-0.05, 0) is 245 Å². The summed E-state index contributed by atoms with van der Waals surface area (Å²) >= 11 is 0. The number of furan rings is 3. The van der Waals surface area contributed by atoms with Crippen molar-refractivity contribution in [2.24, 2.45) is 0 Å². The quantitative estimate of drug-likeness (QED) is 0.134. The van der Waals surface area contributed by atoms with Gasteiger partial charge in [0.15, 0.2) is 0 Å². The minimum absolute atomic E-state index is 0.891. The van der Waals surface area contributed by atoms with Gasteiger partial charge in [-0.25, -0.2) is 0 Å². The number of nitrogens with zero attached hydrogens (tertiary/aromatic N) is 3. The molecule has 642 valence electrons. The van der Waals surface area contributed by atoms with E-state index in [0.29, 0.717) is 0 Å². The zero-order valence-corrected chi connectivity index (χ0v) is 74.8. The van der Waals surface area contributed by atoms with Crippen molar-refractivity contribution < 1.29 is 13.3 Å². The lowest BCUT2D eigenvalue weighted by atomic mass is 9.96. The molecule has 0 atom stereocenters. The van der Waals surface area contributed by atoms with Crippen LogP contribution in [0.5, 0.6) is 0 Å². The molecular weight excluding hydrogens is 1680 g/mol. The van der Waals surface area contributed by atoms with Crippen molar-refractivity contribution in [3.63, 3.8) is 0 Å². The fraction of sp³-hybridized carbons (Fsp3) is 0. The lowest BCUT2D eigenvalue weighted by Crippen LogP contribution is -2.11. The van der Waals surface area contributed by atoms with Crippen molar-refractivity contribution >= 4 is 279 Å². The van der Waals surface area contributed by atoms with Gasteiger partial charge < -0.3 is 28.0 Å². The summed E-state index contributed by atoms with van der Waals surface area (Å²) in [6, 6.07) is 178. The van der Waals surface area contributed by atoms with Crippen LogP contribution in [-0.2, 0) is 0 Å². The standard InChI is InChI=1S/3C44H27NO/c1-6-16-34-28(11-1)21-23-39-40-27-31(22-24-43(40)46-44(34)39)45(41-25-29-12-2-4-14-32(29)35-17-7-9-19-37(35)41)42-26-30-13-3-5-15-33(30)36-18-8-10-20-38(36)42;1-4-12-34-28(9-1)17-18-31-25-32(20-23-36(31)34)45(42-26-30-11-3-5-13-35(30)38-15-7-8-16-39(38)42)33-21-24-43-41(27-33)40-22-19-29-10-2-6-14-37(29)44(40)46-43;1-4-12-34-28(9-1)17-18-30-19-21-32(26-40(30)34)45(42-25-31-11-3-5-13-35(31)37-15-7-8-16-38(37)42)33-22-24-43-41(27-33)39-23-20-29-10-2-6-14-36(29)44(39)46-43/h3*1-27H. The van der Waals surface area contributed by atoms with Crippen LogP contribution in [0.3, 0.4) is 0 Å². The van der Waals surface area contributed by atoms with Crippen LogP contribution in [0.2, 0.25) is 0 Å². The summed E-state index contributed by atoms with van der Waals surface area (Å²) in [5.74, 6) is 0. The maximum atomic E-state index is 6.55. The first-order valence-corrected chi connectivity index (χ1v) is 47.3. The molecule has 0 spiro atoms. The predicted molar refractivity (Wildman–Crippen MR) is 588 cm³/mol. The average molecular weight is 1760 g/mol. The smallest absolute Gasteiger partial charge is 0.143 e. The molecule has 0 radical (unpaired) electrons. The molecule has 0 unspecified atom stereocenters. The Labute approximate surface area is 792 Å². The Morgan fingerprint density at radius 1 is 0.109 bits per heavy atom. The van der Waals surface area contributed by atoms with Gasteiger partial charge in [0.1, 0.15) is 33.5 Å². The van der Waals surface area contributed by atoms with Crippen molar-refractivity contribution in [1.82, 2.24) is 0 Å². The van der Waals surface area contributed by atoms with E-state index in [1.165, 1.54) is 145 Å². The molecule has 0 aliphatic carbocycles. The van der Waals surface area contributed by atoms with Gasteiger partial charge in [-0.15, -0.1) is 0 Å². The molecule has 6 heteroatoms. The molecule has 138 heavy (non-hydrogen) atoms. The second-order valence-electron chi connectivity index (χ2n) is 36.4. The normalized spacial score (nSPS) is 11.9. The Morgan fingerprint density at radius 2 is 0.297 bits per heavy atom. The fourth-order valence-corrected chi connectivity index (χ4v) is 22.3. The fourth-order valence-electron chi connectivity index (χ4n) is 22.3. The van der Waals surface area contributed by atoms with Gasteiger partial charge in [0, 0.05) is 98.5 Å². The molecule has 0 saturated carbocycles. The van der Waals surface area contributed by atoms with Crippen LogP contribution in [0, 0.1) is 0 Å². The summed E-state index contributed by atoms with van der Waals surface area (Å²) in [6.45, 7) is 0. The van der Waals surface area contributed by atoms with E-state index in [2.05, 4.69) is 506 Å². The van der Waals surface area contributed by atoms with E-state index >= 15 is 0 Å². The predicted octanol–water partition coefficient (Wildman–Crippen LogP) is 38.5. The highest BCUT2D eigenvalue weighted by molar-refractivity contribution is 6.25. The van der Waals surface area contributed by atoms with Crippen molar-refractivity contribution in [2.45, 2.75) is 0 Å². The molecule has 3 aromatic heterocycles. The number of hydrogen-bond acceptors (Lipinski definition) is 6. The summed E-state index contributed by atoms with van der Waals surface area (Å²) in [7, 11) is 0. The highest BCUT2D eigenvalue weighted by Crippen LogP contribution is 2.52. The van der Waals surface area contributed by atoms with Crippen molar-refractivity contribution in [3.05, 3.63) is 491 Å². The third-order valence-corrected chi connectivity index (χ3v) is 28.7. The largest absolute Gasteiger partial charge is 0.455 e. The molecule has 0 aliphatic rings. The van der Waals surface area contributed by atoms with Gasteiger partial charge in [-0.2, -0.15) is 0 Å². The molecule has 0 bridgehead atoms. The van der Waals surface area contributed by atoms with Crippen LogP contribution >= 0.6 is 0 Å². The average Bonchev–Trinajstić information content (AvgIpc) is 0.847. The SMILES string of the molecule is c1ccc2c(c1)cc(N(c1ccc3oc4c5ccccc5ccc4c3c1)c1cc3ccccc3c3ccccc13)c1ccccc12.c1ccc2c(c1)ccc1cc(N(c3ccc4oc5c6ccccc6ccc5c4c3)c3cc4ccccc4c4ccccc34)ccc12.c1ccc2c(c1)ccc1ccc(N(c3ccc4oc5c6ccccc6ccc5c4c3)c3cc4ccccc4c4ccccc34)cc12. The summed E-state index contributed by atoms with van der Waals surface area (Å²) in [5, 5.41) is 43.4. The van der Waals surface area contributed by atoms with Crippen LogP contribution in [0.1, 0.15) is 0 Å². The number of hydrogen-bond donors (Lipinski definition) is 0. The van der Waals surface area contributed by atoms with Gasteiger partial charge in [-0.1, -0.05) is 370 Å². The van der Waals surface area contributed by atoms with Gasteiger partial charge in [0.25, 0.3) is 0 Å². The van der Waals surface area contributed by atoms with Crippen molar-refractivity contribution in [2.75, 3.05) is 14.7 Å². The molecule has 30 rings (SSSR count). The zero-order chi connectivity index (χ0) is 90.6. The maximum absolute atomic E-state index is 6.55. The highest BCUT2D eigenvalue weighted by atomic mass is 16.3.